The van der Waals surface area contributed by atoms with Crippen molar-refractivity contribution in [3.05, 3.63) is 47.9 Å². The fourth-order valence-electron chi connectivity index (χ4n) is 1.82. The van der Waals surface area contributed by atoms with E-state index in [0.29, 0.717) is 21.3 Å². The van der Waals surface area contributed by atoms with Crippen LogP contribution in [-0.4, -0.2) is 15.5 Å². The third-order valence-corrected chi connectivity index (χ3v) is 3.58. The van der Waals surface area contributed by atoms with Gasteiger partial charge in [-0.25, -0.2) is 0 Å². The summed E-state index contributed by atoms with van der Waals surface area (Å²) in [5.41, 5.74) is 1.73. The van der Waals surface area contributed by atoms with Crippen LogP contribution in [0.4, 0.5) is 0 Å². The summed E-state index contributed by atoms with van der Waals surface area (Å²) in [6.45, 7) is 0. The van der Waals surface area contributed by atoms with Gasteiger partial charge in [-0.3, -0.25) is 4.79 Å². The van der Waals surface area contributed by atoms with Gasteiger partial charge in [0.1, 0.15) is 11.6 Å². The van der Waals surface area contributed by atoms with Crippen molar-refractivity contribution in [3.8, 4) is 6.07 Å². The standard InChI is InChI=1S/C13H8N4O2S/c14-6-11(8-4-5-19-7-8)15-13(18)9-2-1-3-10-12(9)20-17-16-10/h1-5,7,11H,(H,15,18). The number of nitriles is 1. The Bertz CT molecular complexity index is 788. The molecule has 0 spiro atoms. The molecule has 3 rings (SSSR count). The fourth-order valence-corrected chi connectivity index (χ4v) is 2.49. The molecule has 7 heteroatoms. The molecule has 1 N–H and O–H groups in total. The molecule has 98 valence electrons. The van der Waals surface area contributed by atoms with Gasteiger partial charge in [-0.1, -0.05) is 10.6 Å². The van der Waals surface area contributed by atoms with Crippen molar-refractivity contribution in [1.82, 2.24) is 14.9 Å². The van der Waals surface area contributed by atoms with Gasteiger partial charge in [0, 0.05) is 5.56 Å². The van der Waals surface area contributed by atoms with Gasteiger partial charge in [0.15, 0.2) is 0 Å². The highest BCUT2D eigenvalue weighted by atomic mass is 32.1. The Morgan fingerprint density at radius 1 is 1.45 bits per heavy atom. The first-order valence-corrected chi connectivity index (χ1v) is 6.50. The van der Waals surface area contributed by atoms with Gasteiger partial charge >= 0.3 is 0 Å². The molecule has 3 aromatic rings. The molecule has 1 aromatic carbocycles. The van der Waals surface area contributed by atoms with E-state index in [9.17, 15) is 4.79 Å². The number of fused-ring (bicyclic) bond motifs is 1. The van der Waals surface area contributed by atoms with Crippen LogP contribution < -0.4 is 5.32 Å². The van der Waals surface area contributed by atoms with Crippen LogP contribution in [-0.2, 0) is 0 Å². The van der Waals surface area contributed by atoms with Gasteiger partial charge in [-0.05, 0) is 29.7 Å². The highest BCUT2D eigenvalue weighted by Crippen LogP contribution is 2.21. The summed E-state index contributed by atoms with van der Waals surface area (Å²) in [5, 5.41) is 15.7. The smallest absolute Gasteiger partial charge is 0.254 e. The van der Waals surface area contributed by atoms with Crippen LogP contribution in [0.15, 0.2) is 41.2 Å². The van der Waals surface area contributed by atoms with Crippen molar-refractivity contribution in [2.75, 3.05) is 0 Å². The van der Waals surface area contributed by atoms with Crippen molar-refractivity contribution < 1.29 is 9.21 Å². The second kappa shape index (κ2) is 5.11. The van der Waals surface area contributed by atoms with E-state index in [2.05, 4.69) is 14.9 Å². The molecular formula is C13H8N4O2S. The molecule has 0 aliphatic heterocycles. The van der Waals surface area contributed by atoms with Crippen LogP contribution in [0.1, 0.15) is 22.0 Å². The number of aromatic nitrogens is 2. The zero-order valence-corrected chi connectivity index (χ0v) is 10.9. The fraction of sp³-hybridized carbons (Fsp3) is 0.0769. The second-order valence-electron chi connectivity index (χ2n) is 4.02. The molecule has 1 atom stereocenters. The van der Waals surface area contributed by atoms with Crippen LogP contribution in [0.5, 0.6) is 0 Å². The summed E-state index contributed by atoms with van der Waals surface area (Å²) < 4.78 is 9.45. The van der Waals surface area contributed by atoms with E-state index in [0.717, 1.165) is 11.5 Å². The van der Waals surface area contributed by atoms with E-state index in [-0.39, 0.29) is 5.91 Å². The molecule has 0 bridgehead atoms. The number of carbonyl (C=O) groups excluding carboxylic acids is 1. The SMILES string of the molecule is N#CC(NC(=O)c1cccc2nnsc12)c1ccoc1. The summed E-state index contributed by atoms with van der Waals surface area (Å²) in [7, 11) is 0. The van der Waals surface area contributed by atoms with Crippen LogP contribution in [0, 0.1) is 11.3 Å². The van der Waals surface area contributed by atoms with Crippen LogP contribution >= 0.6 is 11.5 Å². The van der Waals surface area contributed by atoms with Crippen molar-refractivity contribution >= 4 is 27.7 Å². The van der Waals surface area contributed by atoms with E-state index in [1.165, 1.54) is 12.5 Å². The Labute approximate surface area is 117 Å². The Kier molecular flexibility index (Phi) is 3.15. The van der Waals surface area contributed by atoms with Crippen LogP contribution in [0.25, 0.3) is 10.2 Å². The summed E-state index contributed by atoms with van der Waals surface area (Å²) >= 11 is 1.15. The van der Waals surface area contributed by atoms with Crippen LogP contribution in [0.2, 0.25) is 0 Å². The number of rotatable bonds is 3. The van der Waals surface area contributed by atoms with Gasteiger partial charge in [0.2, 0.25) is 0 Å². The normalized spacial score (nSPS) is 11.9. The molecule has 1 unspecified atom stereocenters. The van der Waals surface area contributed by atoms with Crippen LogP contribution in [0.3, 0.4) is 0 Å². The number of nitrogens with zero attached hydrogens (tertiary/aromatic N) is 3. The Balaban J connectivity index is 1.90. The minimum Gasteiger partial charge on any atom is -0.472 e. The molecule has 2 aromatic heterocycles. The summed E-state index contributed by atoms with van der Waals surface area (Å²) in [6.07, 6.45) is 2.89. The molecule has 0 saturated carbocycles. The first kappa shape index (κ1) is 12.3. The summed E-state index contributed by atoms with van der Waals surface area (Å²) in [5.74, 6) is -0.339. The molecule has 6 nitrogen and oxygen atoms in total. The largest absolute Gasteiger partial charge is 0.472 e. The van der Waals surface area contributed by atoms with Gasteiger partial charge < -0.3 is 9.73 Å². The second-order valence-corrected chi connectivity index (χ2v) is 4.77. The number of hydrogen-bond donors (Lipinski definition) is 1. The van der Waals surface area contributed by atoms with E-state index in [1.54, 1.807) is 24.3 Å². The zero-order chi connectivity index (χ0) is 13.9. The van der Waals surface area contributed by atoms with Crippen molar-refractivity contribution in [3.63, 3.8) is 0 Å². The van der Waals surface area contributed by atoms with Crippen molar-refractivity contribution in [2.24, 2.45) is 0 Å². The predicted octanol–water partition coefficient (Wildman–Crippen LogP) is 2.28. The summed E-state index contributed by atoms with van der Waals surface area (Å²) in [6, 6.07) is 8.12. The number of furan rings is 1. The lowest BCUT2D eigenvalue weighted by Gasteiger charge is -2.09. The van der Waals surface area contributed by atoms with Crippen molar-refractivity contribution in [2.45, 2.75) is 6.04 Å². The van der Waals surface area contributed by atoms with E-state index < -0.39 is 6.04 Å². The quantitative estimate of drug-likeness (QED) is 0.796. The molecule has 20 heavy (non-hydrogen) atoms. The maximum atomic E-state index is 12.3. The molecule has 0 fully saturated rings. The van der Waals surface area contributed by atoms with Gasteiger partial charge in [-0.2, -0.15) is 5.26 Å². The Morgan fingerprint density at radius 3 is 3.10 bits per heavy atom. The first-order valence-electron chi connectivity index (χ1n) is 5.73. The highest BCUT2D eigenvalue weighted by molar-refractivity contribution is 7.13. The Hall–Kier alpha value is -2.72. The molecule has 0 aliphatic carbocycles. The molecule has 0 radical (unpaired) electrons. The van der Waals surface area contributed by atoms with Gasteiger partial charge in [0.05, 0.1) is 28.9 Å². The van der Waals surface area contributed by atoms with Gasteiger partial charge in [-0.15, -0.1) is 5.10 Å². The topological polar surface area (TPSA) is 91.8 Å². The van der Waals surface area contributed by atoms with Gasteiger partial charge in [0.25, 0.3) is 5.91 Å². The van der Waals surface area contributed by atoms with E-state index in [1.807, 2.05) is 6.07 Å². The van der Waals surface area contributed by atoms with E-state index >= 15 is 0 Å². The van der Waals surface area contributed by atoms with Crippen molar-refractivity contribution in [1.29, 1.82) is 5.26 Å². The lowest BCUT2D eigenvalue weighted by atomic mass is 10.1. The lowest BCUT2D eigenvalue weighted by molar-refractivity contribution is 0.0947. The number of benzene rings is 1. The first-order chi connectivity index (χ1) is 9.79. The maximum absolute atomic E-state index is 12.3. The lowest BCUT2D eigenvalue weighted by Crippen LogP contribution is -2.27. The minimum absolute atomic E-state index is 0.339. The predicted molar refractivity (Wildman–Crippen MR) is 71.9 cm³/mol. The summed E-state index contributed by atoms with van der Waals surface area (Å²) in [4.78, 5) is 12.3. The molecule has 1 amide bonds. The molecule has 2 heterocycles. The number of amides is 1. The maximum Gasteiger partial charge on any atom is 0.254 e. The highest BCUT2D eigenvalue weighted by Gasteiger charge is 2.18. The van der Waals surface area contributed by atoms with E-state index in [4.69, 9.17) is 9.68 Å². The molecular weight excluding hydrogens is 276 g/mol. The Morgan fingerprint density at radius 2 is 2.35 bits per heavy atom. The molecule has 0 aliphatic rings. The minimum atomic E-state index is -0.752. The number of nitrogens with one attached hydrogen (secondary N) is 1. The number of hydrogen-bond acceptors (Lipinski definition) is 6. The zero-order valence-electron chi connectivity index (χ0n) is 10.1. The average Bonchev–Trinajstić information content (AvgIpc) is 3.14. The number of carbonyl (C=O) groups is 1. The average molecular weight is 284 g/mol. The monoisotopic (exact) mass is 284 g/mol. The third kappa shape index (κ3) is 2.13. The third-order valence-electron chi connectivity index (χ3n) is 2.80. The molecule has 0 saturated heterocycles.